The lowest BCUT2D eigenvalue weighted by Gasteiger charge is -2.15. The number of aryl methyl sites for hydroxylation is 3. The summed E-state index contributed by atoms with van der Waals surface area (Å²) in [5.74, 6) is 0.844. The second-order valence-electron chi connectivity index (χ2n) is 5.30. The van der Waals surface area contributed by atoms with E-state index < -0.39 is 0 Å². The lowest BCUT2D eigenvalue weighted by atomic mass is 10.1. The summed E-state index contributed by atoms with van der Waals surface area (Å²) in [5, 5.41) is 4.48. The smallest absolute Gasteiger partial charge is 0.131 e. The number of hydrogen-bond acceptors (Lipinski definition) is 3. The molecule has 21 heavy (non-hydrogen) atoms. The summed E-state index contributed by atoms with van der Waals surface area (Å²) in [5.41, 5.74) is 10.3. The average Bonchev–Trinajstić information content (AvgIpc) is 2.71. The molecule has 4 nitrogen and oxygen atoms in total. The molecule has 2 aromatic rings. The van der Waals surface area contributed by atoms with Crippen LogP contribution in [0.15, 0.2) is 22.7 Å². The first-order valence-electron chi connectivity index (χ1n) is 7.13. The number of rotatable bonds is 5. The van der Waals surface area contributed by atoms with Gasteiger partial charge >= 0.3 is 0 Å². The van der Waals surface area contributed by atoms with Gasteiger partial charge in [0.2, 0.25) is 0 Å². The molecule has 0 saturated heterocycles. The normalized spacial score (nSPS) is 12.5. The van der Waals surface area contributed by atoms with Crippen LogP contribution in [0.4, 0.5) is 0 Å². The van der Waals surface area contributed by atoms with E-state index in [9.17, 15) is 0 Å². The fraction of sp³-hybridized carbons (Fsp3) is 0.438. The van der Waals surface area contributed by atoms with Crippen LogP contribution in [0.2, 0.25) is 0 Å². The van der Waals surface area contributed by atoms with Crippen molar-refractivity contribution in [3.05, 3.63) is 45.2 Å². The maximum Gasteiger partial charge on any atom is 0.131 e. The number of hydrogen-bond donors (Lipinski definition) is 1. The van der Waals surface area contributed by atoms with E-state index in [2.05, 4.69) is 34.0 Å². The fourth-order valence-corrected chi connectivity index (χ4v) is 3.00. The molecule has 2 rings (SSSR count). The van der Waals surface area contributed by atoms with Crippen LogP contribution in [-0.2, 0) is 20.1 Å². The summed E-state index contributed by atoms with van der Waals surface area (Å²) in [6, 6.07) is 6.07. The van der Waals surface area contributed by atoms with Crippen LogP contribution in [0.1, 0.15) is 42.4 Å². The predicted octanol–water partition coefficient (Wildman–Crippen LogP) is 3.65. The molecule has 1 unspecified atom stereocenters. The Morgan fingerprint density at radius 2 is 2.14 bits per heavy atom. The fourth-order valence-electron chi connectivity index (χ4n) is 2.27. The largest absolute Gasteiger partial charge is 0.487 e. The number of nitrogens with zero attached hydrogens (tertiary/aromatic N) is 2. The van der Waals surface area contributed by atoms with Crippen molar-refractivity contribution in [2.45, 2.75) is 39.8 Å². The van der Waals surface area contributed by atoms with Crippen LogP contribution in [0.5, 0.6) is 5.75 Å². The highest BCUT2D eigenvalue weighted by atomic mass is 79.9. The van der Waals surface area contributed by atoms with Gasteiger partial charge in [-0.25, -0.2) is 0 Å². The summed E-state index contributed by atoms with van der Waals surface area (Å²) in [6.45, 7) is 6.57. The minimum absolute atomic E-state index is 0.0539. The lowest BCUT2D eigenvalue weighted by molar-refractivity contribution is 0.289. The van der Waals surface area contributed by atoms with Crippen molar-refractivity contribution in [3.8, 4) is 5.75 Å². The van der Waals surface area contributed by atoms with Gasteiger partial charge in [0.25, 0.3) is 0 Å². The molecular weight excluding hydrogens is 330 g/mol. The maximum absolute atomic E-state index is 6.01. The van der Waals surface area contributed by atoms with Crippen molar-refractivity contribution in [3.63, 3.8) is 0 Å². The minimum Gasteiger partial charge on any atom is -0.487 e. The van der Waals surface area contributed by atoms with Gasteiger partial charge in [0.1, 0.15) is 12.4 Å². The van der Waals surface area contributed by atoms with Crippen LogP contribution in [-0.4, -0.2) is 9.78 Å². The van der Waals surface area contributed by atoms with Gasteiger partial charge in [0, 0.05) is 18.7 Å². The Kier molecular flexibility index (Phi) is 5.06. The number of benzene rings is 1. The standard InChI is InChI=1S/C16H22BrN3O/c1-5-13-16(17)14(20(4)19-13)9-21-15-8-10(2)6-7-12(15)11(3)18/h6-8,11H,5,9,18H2,1-4H3. The summed E-state index contributed by atoms with van der Waals surface area (Å²) in [4.78, 5) is 0. The van der Waals surface area contributed by atoms with Crippen molar-refractivity contribution in [2.75, 3.05) is 0 Å². The molecule has 5 heteroatoms. The van der Waals surface area contributed by atoms with Gasteiger partial charge in [-0.15, -0.1) is 0 Å². The molecule has 114 valence electrons. The lowest BCUT2D eigenvalue weighted by Crippen LogP contribution is -2.09. The number of nitrogens with two attached hydrogens (primary N) is 1. The van der Waals surface area contributed by atoms with Crippen LogP contribution in [0.3, 0.4) is 0 Å². The molecule has 0 amide bonds. The second-order valence-corrected chi connectivity index (χ2v) is 6.10. The van der Waals surface area contributed by atoms with Gasteiger partial charge in [-0.3, -0.25) is 4.68 Å². The molecule has 1 atom stereocenters. The highest BCUT2D eigenvalue weighted by Gasteiger charge is 2.14. The van der Waals surface area contributed by atoms with E-state index in [-0.39, 0.29) is 6.04 Å². The van der Waals surface area contributed by atoms with Crippen molar-refractivity contribution >= 4 is 15.9 Å². The molecule has 0 radical (unpaired) electrons. The molecule has 0 aliphatic heterocycles. The van der Waals surface area contributed by atoms with E-state index in [1.165, 1.54) is 0 Å². The Hall–Kier alpha value is -1.33. The van der Waals surface area contributed by atoms with Gasteiger partial charge in [0.15, 0.2) is 0 Å². The van der Waals surface area contributed by atoms with Crippen molar-refractivity contribution in [1.82, 2.24) is 9.78 Å². The topological polar surface area (TPSA) is 53.1 Å². The highest BCUT2D eigenvalue weighted by molar-refractivity contribution is 9.10. The Bertz CT molecular complexity index is 635. The van der Waals surface area contributed by atoms with Gasteiger partial charge in [-0.05, 0) is 47.8 Å². The number of halogens is 1. The SMILES string of the molecule is CCc1nn(C)c(COc2cc(C)ccc2C(C)N)c1Br. The van der Waals surface area contributed by atoms with E-state index in [1.54, 1.807) is 0 Å². The molecule has 0 aliphatic rings. The minimum atomic E-state index is -0.0539. The molecule has 0 fully saturated rings. The average molecular weight is 352 g/mol. The Balaban J connectivity index is 2.24. The molecular formula is C16H22BrN3O. The molecule has 1 aromatic heterocycles. The number of ether oxygens (including phenoxy) is 1. The zero-order valence-electron chi connectivity index (χ0n) is 13.0. The highest BCUT2D eigenvalue weighted by Crippen LogP contribution is 2.28. The molecule has 0 saturated carbocycles. The maximum atomic E-state index is 6.01. The van der Waals surface area contributed by atoms with Crippen LogP contribution < -0.4 is 10.5 Å². The third-order valence-electron chi connectivity index (χ3n) is 3.53. The van der Waals surface area contributed by atoms with E-state index in [0.717, 1.165) is 39.2 Å². The molecule has 2 N–H and O–H groups in total. The first-order chi connectivity index (χ1) is 9.93. The van der Waals surface area contributed by atoms with Crippen LogP contribution >= 0.6 is 15.9 Å². The quantitative estimate of drug-likeness (QED) is 0.894. The first-order valence-corrected chi connectivity index (χ1v) is 7.92. The summed E-state index contributed by atoms with van der Waals surface area (Å²) >= 11 is 3.61. The monoisotopic (exact) mass is 351 g/mol. The molecule has 0 bridgehead atoms. The van der Waals surface area contributed by atoms with Crippen LogP contribution in [0.25, 0.3) is 0 Å². The van der Waals surface area contributed by atoms with Gasteiger partial charge < -0.3 is 10.5 Å². The van der Waals surface area contributed by atoms with E-state index in [0.29, 0.717) is 6.61 Å². The third-order valence-corrected chi connectivity index (χ3v) is 4.44. The van der Waals surface area contributed by atoms with Crippen LogP contribution in [0, 0.1) is 6.92 Å². The summed E-state index contributed by atoms with van der Waals surface area (Å²) in [6.07, 6.45) is 0.893. The molecule has 1 aromatic carbocycles. The Morgan fingerprint density at radius 3 is 2.71 bits per heavy atom. The number of aromatic nitrogens is 2. The third kappa shape index (κ3) is 3.47. The summed E-state index contributed by atoms with van der Waals surface area (Å²) in [7, 11) is 1.94. The zero-order valence-corrected chi connectivity index (χ0v) is 14.6. The predicted molar refractivity (Wildman–Crippen MR) is 88.4 cm³/mol. The molecule has 0 aliphatic carbocycles. The van der Waals surface area contributed by atoms with Crippen molar-refractivity contribution < 1.29 is 4.74 Å². The molecule has 1 heterocycles. The van der Waals surface area contributed by atoms with E-state index >= 15 is 0 Å². The van der Waals surface area contributed by atoms with Crippen molar-refractivity contribution in [2.24, 2.45) is 12.8 Å². The van der Waals surface area contributed by atoms with Gasteiger partial charge in [-0.1, -0.05) is 19.1 Å². The van der Waals surface area contributed by atoms with E-state index in [1.807, 2.05) is 37.7 Å². The molecule has 0 spiro atoms. The van der Waals surface area contributed by atoms with Gasteiger partial charge in [0.05, 0.1) is 15.9 Å². The Morgan fingerprint density at radius 1 is 1.43 bits per heavy atom. The zero-order chi connectivity index (χ0) is 15.6. The Labute approximate surface area is 134 Å². The summed E-state index contributed by atoms with van der Waals surface area (Å²) < 4.78 is 8.91. The second kappa shape index (κ2) is 6.62. The van der Waals surface area contributed by atoms with E-state index in [4.69, 9.17) is 10.5 Å². The first kappa shape index (κ1) is 16.0. The van der Waals surface area contributed by atoms with Crippen molar-refractivity contribution in [1.29, 1.82) is 0 Å². The van der Waals surface area contributed by atoms with Gasteiger partial charge in [-0.2, -0.15) is 5.10 Å².